The SMILES string of the molecule is COc1ccc(-c2nc3c(s2)CN(S(=O)(=O)c2ccc(Cl)cc2)CC3)cc1. The van der Waals surface area contributed by atoms with Crippen molar-refractivity contribution < 1.29 is 13.2 Å². The largest absolute Gasteiger partial charge is 0.497 e. The van der Waals surface area contributed by atoms with Gasteiger partial charge in [-0.3, -0.25) is 0 Å². The standard InChI is InChI=1S/C19H17ClN2O3S2/c1-25-15-6-2-13(3-7-15)19-21-17-10-11-22(12-18(17)26-19)27(23,24)16-8-4-14(20)5-9-16/h2-9H,10-12H2,1H3. The van der Waals surface area contributed by atoms with Crippen LogP contribution < -0.4 is 4.74 Å². The van der Waals surface area contributed by atoms with Crippen molar-refractivity contribution in [1.29, 1.82) is 0 Å². The van der Waals surface area contributed by atoms with E-state index in [-0.39, 0.29) is 4.90 Å². The van der Waals surface area contributed by atoms with E-state index in [1.165, 1.54) is 4.31 Å². The molecule has 0 saturated carbocycles. The second-order valence-corrected chi connectivity index (χ2v) is 9.62. The van der Waals surface area contributed by atoms with Crippen molar-refractivity contribution in [1.82, 2.24) is 9.29 Å². The average Bonchev–Trinajstić information content (AvgIpc) is 3.12. The number of aromatic nitrogens is 1. The summed E-state index contributed by atoms with van der Waals surface area (Å²) in [4.78, 5) is 5.97. The number of methoxy groups -OCH3 is 1. The molecule has 0 amide bonds. The monoisotopic (exact) mass is 420 g/mol. The lowest BCUT2D eigenvalue weighted by Crippen LogP contribution is -2.35. The molecule has 4 rings (SSSR count). The fourth-order valence-electron chi connectivity index (χ4n) is 2.99. The van der Waals surface area contributed by atoms with E-state index >= 15 is 0 Å². The van der Waals surface area contributed by atoms with Gasteiger partial charge in [0.05, 0.1) is 24.2 Å². The third-order valence-corrected chi connectivity index (χ3v) is 7.73. The zero-order valence-corrected chi connectivity index (χ0v) is 16.9. The van der Waals surface area contributed by atoms with E-state index in [0.29, 0.717) is 24.5 Å². The molecule has 0 aliphatic carbocycles. The zero-order valence-electron chi connectivity index (χ0n) is 14.6. The quantitative estimate of drug-likeness (QED) is 0.634. The lowest BCUT2D eigenvalue weighted by Gasteiger charge is -2.25. The maximum atomic E-state index is 12.9. The van der Waals surface area contributed by atoms with Crippen molar-refractivity contribution in [2.45, 2.75) is 17.9 Å². The number of thiazole rings is 1. The van der Waals surface area contributed by atoms with Gasteiger partial charge in [0.1, 0.15) is 10.8 Å². The summed E-state index contributed by atoms with van der Waals surface area (Å²) >= 11 is 7.41. The van der Waals surface area contributed by atoms with Crippen LogP contribution in [0.25, 0.3) is 10.6 Å². The molecular formula is C19H17ClN2O3S2. The Balaban J connectivity index is 1.59. The number of sulfonamides is 1. The van der Waals surface area contributed by atoms with E-state index in [4.69, 9.17) is 21.3 Å². The molecule has 27 heavy (non-hydrogen) atoms. The van der Waals surface area contributed by atoms with Crippen LogP contribution in [-0.2, 0) is 23.0 Å². The maximum absolute atomic E-state index is 12.9. The molecule has 2 heterocycles. The molecule has 0 N–H and O–H groups in total. The number of nitrogens with zero attached hydrogens (tertiary/aromatic N) is 2. The highest BCUT2D eigenvalue weighted by Gasteiger charge is 2.30. The average molecular weight is 421 g/mol. The van der Waals surface area contributed by atoms with Crippen molar-refractivity contribution >= 4 is 33.0 Å². The molecule has 0 saturated heterocycles. The highest BCUT2D eigenvalue weighted by Crippen LogP contribution is 2.34. The van der Waals surface area contributed by atoms with Gasteiger partial charge in [-0.1, -0.05) is 11.6 Å². The molecule has 0 radical (unpaired) electrons. The van der Waals surface area contributed by atoms with E-state index in [9.17, 15) is 8.42 Å². The van der Waals surface area contributed by atoms with E-state index in [1.807, 2.05) is 24.3 Å². The first-order valence-corrected chi connectivity index (χ1v) is 11.0. The minimum atomic E-state index is -3.55. The molecule has 2 aromatic carbocycles. The smallest absolute Gasteiger partial charge is 0.243 e. The molecule has 0 fully saturated rings. The van der Waals surface area contributed by atoms with E-state index in [2.05, 4.69) is 0 Å². The Morgan fingerprint density at radius 1 is 1.11 bits per heavy atom. The van der Waals surface area contributed by atoms with E-state index in [1.54, 1.807) is 42.7 Å². The van der Waals surface area contributed by atoms with Crippen molar-refractivity contribution in [3.8, 4) is 16.3 Å². The second kappa shape index (κ2) is 7.24. The topological polar surface area (TPSA) is 59.5 Å². The van der Waals surface area contributed by atoms with Crippen molar-refractivity contribution in [3.05, 3.63) is 64.1 Å². The fraction of sp³-hybridized carbons (Fsp3) is 0.211. The molecule has 0 spiro atoms. The van der Waals surface area contributed by atoms with Crippen molar-refractivity contribution in [2.75, 3.05) is 13.7 Å². The van der Waals surface area contributed by atoms with Crippen LogP contribution in [0.1, 0.15) is 10.6 Å². The van der Waals surface area contributed by atoms with Crippen LogP contribution in [0.15, 0.2) is 53.4 Å². The van der Waals surface area contributed by atoms with Gasteiger partial charge < -0.3 is 4.74 Å². The van der Waals surface area contributed by atoms with Gasteiger partial charge in [0.2, 0.25) is 10.0 Å². The summed E-state index contributed by atoms with van der Waals surface area (Å²) in [6.07, 6.45) is 0.606. The Kier molecular flexibility index (Phi) is 4.94. The van der Waals surface area contributed by atoms with E-state index in [0.717, 1.165) is 26.9 Å². The Hall–Kier alpha value is -1.93. The Morgan fingerprint density at radius 3 is 2.48 bits per heavy atom. The molecule has 8 heteroatoms. The normalized spacial score (nSPS) is 14.7. The van der Waals surface area contributed by atoms with Crippen LogP contribution in [-0.4, -0.2) is 31.4 Å². The number of benzene rings is 2. The number of halogens is 1. The molecule has 3 aromatic rings. The van der Waals surface area contributed by atoms with Gasteiger partial charge in [-0.25, -0.2) is 13.4 Å². The lowest BCUT2D eigenvalue weighted by atomic mass is 10.2. The molecule has 0 unspecified atom stereocenters. The van der Waals surface area contributed by atoms with Gasteiger partial charge in [0.25, 0.3) is 0 Å². The molecule has 0 bridgehead atoms. The summed E-state index contributed by atoms with van der Waals surface area (Å²) in [6.45, 7) is 0.762. The van der Waals surface area contributed by atoms with Gasteiger partial charge in [-0.15, -0.1) is 11.3 Å². The zero-order chi connectivity index (χ0) is 19.0. The van der Waals surface area contributed by atoms with Crippen molar-refractivity contribution in [2.24, 2.45) is 0 Å². The predicted octanol–water partition coefficient (Wildman–Crippen LogP) is 4.22. The number of hydrogen-bond acceptors (Lipinski definition) is 5. The molecule has 140 valence electrons. The predicted molar refractivity (Wildman–Crippen MR) is 107 cm³/mol. The highest BCUT2D eigenvalue weighted by atomic mass is 35.5. The minimum Gasteiger partial charge on any atom is -0.497 e. The first kappa shape index (κ1) is 18.4. The fourth-order valence-corrected chi connectivity index (χ4v) is 5.74. The summed E-state index contributed by atoms with van der Waals surface area (Å²) in [5.74, 6) is 0.792. The molecule has 5 nitrogen and oxygen atoms in total. The van der Waals surface area contributed by atoms with E-state index < -0.39 is 10.0 Å². The molecule has 1 aromatic heterocycles. The van der Waals surface area contributed by atoms with Gasteiger partial charge in [-0.2, -0.15) is 4.31 Å². The van der Waals surface area contributed by atoms with Gasteiger partial charge in [0.15, 0.2) is 0 Å². The molecule has 0 atom stereocenters. The Morgan fingerprint density at radius 2 is 1.81 bits per heavy atom. The summed E-state index contributed by atoms with van der Waals surface area (Å²) in [5, 5.41) is 1.41. The van der Waals surface area contributed by atoms with Crippen molar-refractivity contribution in [3.63, 3.8) is 0 Å². The Labute approximate surface area is 167 Å². The molecule has 1 aliphatic rings. The van der Waals surface area contributed by atoms with Crippen LogP contribution in [0, 0.1) is 0 Å². The van der Waals surface area contributed by atoms with Gasteiger partial charge in [0, 0.05) is 28.4 Å². The number of rotatable bonds is 4. The summed E-state index contributed by atoms with van der Waals surface area (Å²) < 4.78 is 32.5. The summed E-state index contributed by atoms with van der Waals surface area (Å²) in [7, 11) is -1.92. The Bertz CT molecular complexity index is 1060. The van der Waals surface area contributed by atoms with Crippen LogP contribution >= 0.6 is 22.9 Å². The second-order valence-electron chi connectivity index (χ2n) is 6.16. The highest BCUT2D eigenvalue weighted by molar-refractivity contribution is 7.89. The minimum absolute atomic E-state index is 0.259. The first-order chi connectivity index (χ1) is 13.0. The summed E-state index contributed by atoms with van der Waals surface area (Å²) in [5.41, 5.74) is 1.98. The molecule has 1 aliphatic heterocycles. The number of hydrogen-bond donors (Lipinski definition) is 0. The van der Waals surface area contributed by atoms with Crippen LogP contribution in [0.3, 0.4) is 0 Å². The van der Waals surface area contributed by atoms with Gasteiger partial charge in [-0.05, 0) is 48.5 Å². The number of fused-ring (bicyclic) bond motifs is 1. The maximum Gasteiger partial charge on any atom is 0.243 e. The number of ether oxygens (including phenoxy) is 1. The van der Waals surface area contributed by atoms with Gasteiger partial charge >= 0.3 is 0 Å². The molecular weight excluding hydrogens is 404 g/mol. The van der Waals surface area contributed by atoms with Crippen LogP contribution in [0.4, 0.5) is 0 Å². The third kappa shape index (κ3) is 3.60. The summed E-state index contributed by atoms with van der Waals surface area (Å²) in [6, 6.07) is 14.0. The van der Waals surface area contributed by atoms with Crippen LogP contribution in [0.5, 0.6) is 5.75 Å². The van der Waals surface area contributed by atoms with Crippen LogP contribution in [0.2, 0.25) is 5.02 Å². The third-order valence-electron chi connectivity index (χ3n) is 4.48. The first-order valence-electron chi connectivity index (χ1n) is 8.36. The lowest BCUT2D eigenvalue weighted by molar-refractivity contribution is 0.393.